The van der Waals surface area contributed by atoms with E-state index in [1.807, 2.05) is 30.3 Å². The van der Waals surface area contributed by atoms with Gasteiger partial charge >= 0.3 is 0 Å². The molecule has 1 aromatic heterocycles. The van der Waals surface area contributed by atoms with Gasteiger partial charge in [-0.25, -0.2) is 4.98 Å². The highest BCUT2D eigenvalue weighted by atomic mass is 79.9. The Labute approximate surface area is 179 Å². The zero-order chi connectivity index (χ0) is 21.1. The number of fused-ring (bicyclic) bond motifs is 1. The summed E-state index contributed by atoms with van der Waals surface area (Å²) in [5.41, 5.74) is 2.95. The van der Waals surface area contributed by atoms with Crippen LogP contribution in [0.1, 0.15) is 21.7 Å². The van der Waals surface area contributed by atoms with Crippen LogP contribution in [0.25, 0.3) is 22.8 Å². The van der Waals surface area contributed by atoms with Crippen LogP contribution in [0.3, 0.4) is 0 Å². The molecule has 0 saturated heterocycles. The number of rotatable bonds is 5. The molecule has 3 aromatic carbocycles. The minimum atomic E-state index is -0.460. The minimum absolute atomic E-state index is 0.0361. The number of halogens is 1. The molecule has 8 heteroatoms. The monoisotopic (exact) mass is 462 g/mol. The molecule has 0 aliphatic rings. The van der Waals surface area contributed by atoms with Crippen LogP contribution in [0.15, 0.2) is 77.3 Å². The quantitative estimate of drug-likeness (QED) is 0.315. The largest absolute Gasteiger partial charge is 0.337 e. The van der Waals surface area contributed by atoms with Crippen molar-refractivity contribution in [3.05, 3.63) is 104 Å². The third-order valence-electron chi connectivity index (χ3n) is 4.37. The average molecular weight is 463 g/mol. The number of hydrogen-bond donors (Lipinski definition) is 2. The molecule has 4 rings (SSSR count). The first-order valence-corrected chi connectivity index (χ1v) is 9.77. The number of aromatic nitrogens is 2. The van der Waals surface area contributed by atoms with Crippen LogP contribution in [-0.4, -0.2) is 20.8 Å². The summed E-state index contributed by atoms with van der Waals surface area (Å²) in [7, 11) is 0. The van der Waals surface area contributed by atoms with E-state index in [0.717, 1.165) is 15.5 Å². The number of nitrogens with one attached hydrogen (secondary N) is 2. The molecule has 0 atom stereocenters. The lowest BCUT2D eigenvalue weighted by atomic mass is 10.1. The van der Waals surface area contributed by atoms with E-state index < -0.39 is 4.92 Å². The SMILES string of the molecule is O=C(N/C(=C/c1cccc([N+](=O)[O-])c1)c1nc2ccccc2[nH]1)c1cccc(Br)c1. The maximum atomic E-state index is 12.8. The predicted molar refractivity (Wildman–Crippen MR) is 119 cm³/mol. The van der Waals surface area contributed by atoms with E-state index >= 15 is 0 Å². The van der Waals surface area contributed by atoms with Gasteiger partial charge in [-0.15, -0.1) is 0 Å². The summed E-state index contributed by atoms with van der Waals surface area (Å²) in [5, 5.41) is 14.0. The third-order valence-corrected chi connectivity index (χ3v) is 4.86. The van der Waals surface area contributed by atoms with E-state index in [1.165, 1.54) is 12.1 Å². The second kappa shape index (κ2) is 8.30. The highest BCUT2D eigenvalue weighted by Gasteiger charge is 2.14. The molecule has 0 aliphatic carbocycles. The summed E-state index contributed by atoms with van der Waals surface area (Å²) in [6.45, 7) is 0. The van der Waals surface area contributed by atoms with E-state index in [1.54, 1.807) is 36.4 Å². The van der Waals surface area contributed by atoms with Crippen LogP contribution in [0, 0.1) is 10.1 Å². The number of carbonyl (C=O) groups is 1. The van der Waals surface area contributed by atoms with Crippen molar-refractivity contribution in [2.24, 2.45) is 0 Å². The Bertz CT molecular complexity index is 1260. The van der Waals surface area contributed by atoms with Gasteiger partial charge in [-0.2, -0.15) is 0 Å². The lowest BCUT2D eigenvalue weighted by Gasteiger charge is -2.09. The zero-order valence-electron chi connectivity index (χ0n) is 15.5. The van der Waals surface area contributed by atoms with E-state index in [4.69, 9.17) is 0 Å². The van der Waals surface area contributed by atoms with Gasteiger partial charge in [-0.05, 0) is 42.0 Å². The Morgan fingerprint density at radius 1 is 1.07 bits per heavy atom. The molecule has 7 nitrogen and oxygen atoms in total. The number of H-pyrrole nitrogens is 1. The molecule has 4 aromatic rings. The number of nitrogens with zero attached hydrogens (tertiary/aromatic N) is 2. The van der Waals surface area contributed by atoms with Crippen molar-refractivity contribution in [1.29, 1.82) is 0 Å². The maximum Gasteiger partial charge on any atom is 0.270 e. The van der Waals surface area contributed by atoms with Gasteiger partial charge in [0.15, 0.2) is 5.82 Å². The number of amides is 1. The number of carbonyl (C=O) groups excluding carboxylic acids is 1. The Balaban J connectivity index is 1.77. The van der Waals surface area contributed by atoms with Crippen molar-refractivity contribution in [1.82, 2.24) is 15.3 Å². The third kappa shape index (κ3) is 4.28. The van der Waals surface area contributed by atoms with Gasteiger partial charge in [0.25, 0.3) is 11.6 Å². The van der Waals surface area contributed by atoms with Crippen molar-refractivity contribution in [2.45, 2.75) is 0 Å². The van der Waals surface area contributed by atoms with Crippen LogP contribution in [0.5, 0.6) is 0 Å². The molecule has 0 spiro atoms. The first-order chi connectivity index (χ1) is 14.5. The molecular formula is C22H15BrN4O3. The second-order valence-corrected chi connectivity index (χ2v) is 7.39. The van der Waals surface area contributed by atoms with Crippen molar-refractivity contribution < 1.29 is 9.72 Å². The molecule has 0 unspecified atom stereocenters. The number of nitro groups is 1. The van der Waals surface area contributed by atoms with Crippen molar-refractivity contribution in [3.63, 3.8) is 0 Å². The number of non-ortho nitro benzene ring substituents is 1. The van der Waals surface area contributed by atoms with E-state index in [-0.39, 0.29) is 11.6 Å². The van der Waals surface area contributed by atoms with Gasteiger partial charge in [0, 0.05) is 22.2 Å². The lowest BCUT2D eigenvalue weighted by molar-refractivity contribution is -0.384. The second-order valence-electron chi connectivity index (χ2n) is 6.48. The van der Waals surface area contributed by atoms with Gasteiger partial charge < -0.3 is 10.3 Å². The molecule has 2 N–H and O–H groups in total. The van der Waals surface area contributed by atoms with E-state index in [2.05, 4.69) is 31.2 Å². The Hall–Kier alpha value is -3.78. The highest BCUT2D eigenvalue weighted by molar-refractivity contribution is 9.10. The fourth-order valence-corrected chi connectivity index (χ4v) is 3.36. The van der Waals surface area contributed by atoms with E-state index in [0.29, 0.717) is 22.6 Å². The smallest absolute Gasteiger partial charge is 0.270 e. The Morgan fingerprint density at radius 3 is 2.63 bits per heavy atom. The number of nitro benzene ring substituents is 1. The highest BCUT2D eigenvalue weighted by Crippen LogP contribution is 2.21. The summed E-state index contributed by atoms with van der Waals surface area (Å²) in [6.07, 6.45) is 1.65. The number of aromatic amines is 1. The van der Waals surface area contributed by atoms with Crippen molar-refractivity contribution in [2.75, 3.05) is 0 Å². The fourth-order valence-electron chi connectivity index (χ4n) is 2.96. The zero-order valence-corrected chi connectivity index (χ0v) is 17.1. The van der Waals surface area contributed by atoms with Crippen LogP contribution >= 0.6 is 15.9 Å². The molecule has 0 saturated carbocycles. The number of imidazole rings is 1. The number of benzene rings is 3. The molecule has 1 heterocycles. The first-order valence-electron chi connectivity index (χ1n) is 8.98. The number of para-hydroxylation sites is 2. The summed E-state index contributed by atoms with van der Waals surface area (Å²) >= 11 is 3.36. The van der Waals surface area contributed by atoms with Gasteiger partial charge in [-0.1, -0.05) is 46.3 Å². The first kappa shape index (κ1) is 19.5. The summed E-state index contributed by atoms with van der Waals surface area (Å²) in [6, 6.07) is 20.7. The van der Waals surface area contributed by atoms with Crippen molar-refractivity contribution >= 4 is 50.3 Å². The van der Waals surface area contributed by atoms with Gasteiger partial charge in [0.1, 0.15) is 0 Å². The molecular weight excluding hydrogens is 448 g/mol. The van der Waals surface area contributed by atoms with Gasteiger partial charge in [0.05, 0.1) is 21.7 Å². The predicted octanol–water partition coefficient (Wildman–Crippen LogP) is 5.16. The van der Waals surface area contributed by atoms with Crippen molar-refractivity contribution in [3.8, 4) is 0 Å². The average Bonchev–Trinajstić information content (AvgIpc) is 3.17. The molecule has 30 heavy (non-hydrogen) atoms. The van der Waals surface area contributed by atoms with Crippen LogP contribution in [-0.2, 0) is 0 Å². The molecule has 0 aliphatic heterocycles. The molecule has 1 amide bonds. The topological polar surface area (TPSA) is 101 Å². The van der Waals surface area contributed by atoms with Crippen LogP contribution < -0.4 is 5.32 Å². The molecule has 148 valence electrons. The Kier molecular flexibility index (Phi) is 5.40. The maximum absolute atomic E-state index is 12.8. The lowest BCUT2D eigenvalue weighted by Crippen LogP contribution is -2.22. The summed E-state index contributed by atoms with van der Waals surface area (Å²) in [4.78, 5) is 31.2. The summed E-state index contributed by atoms with van der Waals surface area (Å²) in [5.74, 6) is 0.125. The molecule has 0 bridgehead atoms. The summed E-state index contributed by atoms with van der Waals surface area (Å²) < 4.78 is 0.781. The number of hydrogen-bond acceptors (Lipinski definition) is 4. The van der Waals surface area contributed by atoms with Crippen LogP contribution in [0.2, 0.25) is 0 Å². The van der Waals surface area contributed by atoms with Gasteiger partial charge in [-0.3, -0.25) is 14.9 Å². The molecule has 0 fully saturated rings. The van der Waals surface area contributed by atoms with Gasteiger partial charge in [0.2, 0.25) is 0 Å². The molecule has 0 radical (unpaired) electrons. The normalized spacial score (nSPS) is 11.4. The Morgan fingerprint density at radius 2 is 1.87 bits per heavy atom. The van der Waals surface area contributed by atoms with Crippen LogP contribution in [0.4, 0.5) is 5.69 Å². The van der Waals surface area contributed by atoms with E-state index in [9.17, 15) is 14.9 Å². The minimum Gasteiger partial charge on any atom is -0.337 e. The standard InChI is InChI=1S/C22H15BrN4O3/c23-16-7-4-6-15(13-16)22(28)26-20(12-14-5-3-8-17(11-14)27(29)30)21-24-18-9-1-2-10-19(18)25-21/h1-13H,(H,24,25)(H,26,28)/b20-12+. The fraction of sp³-hybridized carbons (Fsp3) is 0.